The highest BCUT2D eigenvalue weighted by Crippen LogP contribution is 2.39. The Kier molecular flexibility index (Phi) is 5.02. The van der Waals surface area contributed by atoms with Crippen molar-refractivity contribution in [2.24, 2.45) is 0 Å². The molecule has 12 nitrogen and oxygen atoms in total. The molecule has 0 unspecified atom stereocenters. The molecule has 2 aliphatic carbocycles. The van der Waals surface area contributed by atoms with Gasteiger partial charge in [0.1, 0.15) is 11.1 Å². The summed E-state index contributed by atoms with van der Waals surface area (Å²) in [6, 6.07) is 9.46. The van der Waals surface area contributed by atoms with Crippen LogP contribution in [0.4, 0.5) is 21.0 Å². The Labute approximate surface area is 205 Å². The van der Waals surface area contributed by atoms with Crippen LogP contribution in [0.3, 0.4) is 0 Å². The average molecular weight is 492 g/mol. The number of hydrogen-bond acceptors (Lipinski definition) is 7. The Morgan fingerprint density at radius 1 is 0.778 bits per heavy atom. The van der Waals surface area contributed by atoms with Crippen molar-refractivity contribution < 1.29 is 24.1 Å². The molecule has 2 spiro atoms. The van der Waals surface area contributed by atoms with Crippen LogP contribution in [0.1, 0.15) is 22.3 Å². The molecule has 4 N–H and O–H groups in total. The third kappa shape index (κ3) is 3.28. The summed E-state index contributed by atoms with van der Waals surface area (Å²) in [4.78, 5) is 60.2. The highest BCUT2D eigenvalue weighted by atomic mass is 16.6. The monoisotopic (exact) mass is 492 g/mol. The van der Waals surface area contributed by atoms with Gasteiger partial charge in [0.15, 0.2) is 0 Å². The zero-order valence-electron chi connectivity index (χ0n) is 19.7. The zero-order chi connectivity index (χ0) is 26.0. The molecule has 2 fully saturated rings. The summed E-state index contributed by atoms with van der Waals surface area (Å²) >= 11 is 0. The summed E-state index contributed by atoms with van der Waals surface area (Å²) < 4.78 is 0. The largest absolute Gasteiger partial charge is 0.399 e. The van der Waals surface area contributed by atoms with Crippen LogP contribution < -0.4 is 16.4 Å². The van der Waals surface area contributed by atoms with Gasteiger partial charge in [0, 0.05) is 57.6 Å². The number of nitrogens with one attached hydrogen (secondary N) is 2. The van der Waals surface area contributed by atoms with Crippen LogP contribution in [0, 0.1) is 10.1 Å². The molecule has 4 aliphatic rings. The number of fused-ring (bicyclic) bond motifs is 2. The Bertz CT molecular complexity index is 1370. The molecule has 0 bridgehead atoms. The van der Waals surface area contributed by atoms with E-state index in [1.807, 2.05) is 18.2 Å². The maximum atomic E-state index is 12.0. The van der Waals surface area contributed by atoms with Crippen LogP contribution in [0.25, 0.3) is 0 Å². The summed E-state index contributed by atoms with van der Waals surface area (Å²) in [6.45, 7) is 0. The summed E-state index contributed by atoms with van der Waals surface area (Å²) in [5, 5.41) is 15.4. The number of nitrogens with two attached hydrogens (primary N) is 1. The van der Waals surface area contributed by atoms with Crippen LogP contribution in [-0.2, 0) is 35.3 Å². The number of amides is 6. The van der Waals surface area contributed by atoms with E-state index < -0.39 is 22.0 Å². The topological polar surface area (TPSA) is 168 Å². The van der Waals surface area contributed by atoms with E-state index >= 15 is 0 Å². The van der Waals surface area contributed by atoms with Crippen LogP contribution in [0.5, 0.6) is 0 Å². The molecule has 2 atom stereocenters. The van der Waals surface area contributed by atoms with Crippen molar-refractivity contribution in [1.29, 1.82) is 0 Å². The van der Waals surface area contributed by atoms with Crippen molar-refractivity contribution in [3.63, 3.8) is 0 Å². The van der Waals surface area contributed by atoms with Crippen molar-refractivity contribution in [1.82, 2.24) is 20.4 Å². The number of nitrogen functional groups attached to an aromatic ring is 1. The number of non-ortho nitro benzene ring substituents is 1. The van der Waals surface area contributed by atoms with Gasteiger partial charge in [0.2, 0.25) is 0 Å². The lowest BCUT2D eigenvalue weighted by Gasteiger charge is -2.27. The SMILES string of the molecule is CN1C(=O)NC(=O)[C@]12Cc1ccc(N)cc1C2.CN1C(=O)NC(=O)[C@]12Cc1ccc([N+](=O)[O-])cc1C2. The number of benzene rings is 2. The summed E-state index contributed by atoms with van der Waals surface area (Å²) in [7, 11) is 3.23. The van der Waals surface area contributed by atoms with Gasteiger partial charge >= 0.3 is 12.1 Å². The van der Waals surface area contributed by atoms with Gasteiger partial charge in [0.05, 0.1) is 4.92 Å². The molecular formula is C24H24N6O6. The molecule has 2 aromatic rings. The van der Waals surface area contributed by atoms with Gasteiger partial charge in [-0.25, -0.2) is 9.59 Å². The Morgan fingerprint density at radius 3 is 1.67 bits per heavy atom. The Balaban J connectivity index is 0.000000149. The smallest absolute Gasteiger partial charge is 0.324 e. The lowest BCUT2D eigenvalue weighted by Crippen LogP contribution is -2.48. The molecular weight excluding hydrogens is 468 g/mol. The first-order valence-electron chi connectivity index (χ1n) is 11.3. The predicted octanol–water partition coefficient (Wildman–Crippen LogP) is 0.902. The standard InChI is InChI=1S/C12H11N3O4.C12H13N3O2/c1-14-11(17)13-10(16)12(14)5-7-2-3-9(15(18)19)4-8(7)6-12;1-15-11(17)14-10(16)12(15)5-7-2-3-9(13)4-8(7)6-12/h2-4H,5-6H2,1H3,(H,13,16,17);2-4H,5-6,13H2,1H3,(H,14,16,17)/t2*12-/m11/s1. The van der Waals surface area contributed by atoms with E-state index in [0.717, 1.165) is 22.3 Å². The van der Waals surface area contributed by atoms with Crippen LogP contribution >= 0.6 is 0 Å². The highest BCUT2D eigenvalue weighted by molar-refractivity contribution is 6.08. The summed E-state index contributed by atoms with van der Waals surface area (Å²) in [6.07, 6.45) is 1.82. The first-order chi connectivity index (χ1) is 17.0. The second-order valence-corrected chi connectivity index (χ2v) is 9.65. The normalized spacial score (nSPS) is 25.6. The fraction of sp³-hybridized carbons (Fsp3) is 0.333. The third-order valence-corrected chi connectivity index (χ3v) is 7.74. The van der Waals surface area contributed by atoms with E-state index in [-0.39, 0.29) is 23.5 Å². The maximum absolute atomic E-state index is 12.0. The average Bonchev–Trinajstić information content (AvgIpc) is 3.51. The molecule has 2 heterocycles. The fourth-order valence-electron chi connectivity index (χ4n) is 5.51. The van der Waals surface area contributed by atoms with E-state index in [9.17, 15) is 29.3 Å². The van der Waals surface area contributed by atoms with Crippen LogP contribution in [-0.4, -0.2) is 63.8 Å². The van der Waals surface area contributed by atoms with Crippen LogP contribution in [0.15, 0.2) is 36.4 Å². The Morgan fingerprint density at radius 2 is 1.22 bits per heavy atom. The second-order valence-electron chi connectivity index (χ2n) is 9.65. The molecule has 36 heavy (non-hydrogen) atoms. The lowest BCUT2D eigenvalue weighted by molar-refractivity contribution is -0.384. The minimum Gasteiger partial charge on any atom is -0.399 e. The minimum atomic E-state index is -0.922. The highest BCUT2D eigenvalue weighted by Gasteiger charge is 2.55. The molecule has 0 saturated carbocycles. The summed E-state index contributed by atoms with van der Waals surface area (Å²) in [5.41, 5.74) is 8.54. The number of anilines is 1. The van der Waals surface area contributed by atoms with E-state index in [0.29, 0.717) is 31.4 Å². The number of hydrogen-bond donors (Lipinski definition) is 3. The maximum Gasteiger partial charge on any atom is 0.324 e. The third-order valence-electron chi connectivity index (χ3n) is 7.74. The van der Waals surface area contributed by atoms with Gasteiger partial charge in [-0.3, -0.25) is 30.3 Å². The predicted molar refractivity (Wildman–Crippen MR) is 127 cm³/mol. The van der Waals surface area contributed by atoms with Crippen molar-refractivity contribution in [3.05, 3.63) is 68.8 Å². The first kappa shape index (κ1) is 23.3. The summed E-state index contributed by atoms with van der Waals surface area (Å²) in [5.74, 6) is -0.543. The second kappa shape index (κ2) is 7.77. The van der Waals surface area contributed by atoms with Crippen molar-refractivity contribution in [2.75, 3.05) is 19.8 Å². The van der Waals surface area contributed by atoms with E-state index in [1.54, 1.807) is 20.2 Å². The molecule has 186 valence electrons. The van der Waals surface area contributed by atoms with Crippen molar-refractivity contribution in [2.45, 2.75) is 36.8 Å². The molecule has 12 heteroatoms. The minimum absolute atomic E-state index is 0.00295. The molecule has 2 saturated heterocycles. The molecule has 2 aromatic carbocycles. The zero-order valence-corrected chi connectivity index (χ0v) is 19.7. The number of likely N-dealkylation sites (N-methyl/N-ethyl adjacent to an activating group) is 2. The van der Waals surface area contributed by atoms with Gasteiger partial charge in [-0.05, 0) is 34.4 Å². The number of nitro benzene ring substituents is 1. The number of rotatable bonds is 1. The van der Waals surface area contributed by atoms with E-state index in [2.05, 4.69) is 10.6 Å². The van der Waals surface area contributed by atoms with Gasteiger partial charge in [0.25, 0.3) is 17.5 Å². The molecule has 6 amide bonds. The number of nitrogens with zero attached hydrogens (tertiary/aromatic N) is 3. The molecule has 0 aromatic heterocycles. The number of imide groups is 2. The number of nitro groups is 1. The van der Waals surface area contributed by atoms with Gasteiger partial charge in [-0.2, -0.15) is 0 Å². The molecule has 2 aliphatic heterocycles. The molecule has 6 rings (SSSR count). The van der Waals surface area contributed by atoms with Gasteiger partial charge < -0.3 is 15.5 Å². The van der Waals surface area contributed by atoms with Crippen molar-refractivity contribution >= 4 is 35.3 Å². The first-order valence-corrected chi connectivity index (χ1v) is 11.3. The van der Waals surface area contributed by atoms with Crippen LogP contribution in [0.2, 0.25) is 0 Å². The number of carbonyl (C=O) groups excluding carboxylic acids is 4. The Hall–Kier alpha value is -4.48. The lowest BCUT2D eigenvalue weighted by atomic mass is 9.95. The number of carbonyl (C=O) groups is 4. The number of urea groups is 2. The van der Waals surface area contributed by atoms with E-state index in [1.165, 1.54) is 21.9 Å². The van der Waals surface area contributed by atoms with Gasteiger partial charge in [-0.15, -0.1) is 0 Å². The van der Waals surface area contributed by atoms with E-state index in [4.69, 9.17) is 5.73 Å². The van der Waals surface area contributed by atoms with Crippen molar-refractivity contribution in [3.8, 4) is 0 Å². The quantitative estimate of drug-likeness (QED) is 0.230. The molecule has 0 radical (unpaired) electrons. The van der Waals surface area contributed by atoms with Gasteiger partial charge in [-0.1, -0.05) is 12.1 Å². The fourth-order valence-corrected chi connectivity index (χ4v) is 5.51.